The number of rotatable bonds is 6. The summed E-state index contributed by atoms with van der Waals surface area (Å²) in [6, 6.07) is 0. The highest BCUT2D eigenvalue weighted by Gasteiger charge is 1.92. The first-order chi connectivity index (χ1) is 5.27. The Morgan fingerprint density at radius 1 is 1.45 bits per heavy atom. The minimum Gasteiger partial charge on any atom is -0.465 e. The summed E-state index contributed by atoms with van der Waals surface area (Å²) in [4.78, 5) is 10.3. The molecule has 0 aromatic heterocycles. The monoisotopic (exact) mass is 258 g/mol. The minimum atomic E-state index is -0.198. The van der Waals surface area contributed by atoms with Gasteiger partial charge in [-0.1, -0.05) is 37.5 Å². The van der Waals surface area contributed by atoms with Crippen molar-refractivity contribution >= 4 is 43.5 Å². The van der Waals surface area contributed by atoms with E-state index >= 15 is 0 Å². The van der Waals surface area contributed by atoms with Gasteiger partial charge in [0.15, 0.2) is 0 Å². The Bertz CT molecular complexity index is 111. The quantitative estimate of drug-likeness (QED) is 0.316. The molecule has 0 aromatic carbocycles. The molecule has 0 aliphatic rings. The van der Waals surface area contributed by atoms with Gasteiger partial charge in [0.1, 0.15) is 6.61 Å². The fourth-order valence-electron chi connectivity index (χ4n) is 0.369. The van der Waals surface area contributed by atoms with Crippen molar-refractivity contribution in [1.82, 2.24) is 0 Å². The summed E-state index contributed by atoms with van der Waals surface area (Å²) < 4.78 is 4.74. The highest BCUT2D eigenvalue weighted by atomic mass is 79.9. The van der Waals surface area contributed by atoms with E-state index in [2.05, 4.69) is 15.9 Å². The van der Waals surface area contributed by atoms with Crippen LogP contribution >= 0.6 is 37.5 Å². The maximum atomic E-state index is 10.3. The fraction of sp³-hybridized carbons (Fsp3) is 0.833. The van der Waals surface area contributed by atoms with E-state index in [-0.39, 0.29) is 5.97 Å². The molecule has 0 amide bonds. The van der Waals surface area contributed by atoms with Crippen molar-refractivity contribution in [2.24, 2.45) is 0 Å². The second kappa shape index (κ2) is 8.74. The molecule has 0 heterocycles. The third kappa shape index (κ3) is 10.7. The Morgan fingerprint density at radius 3 is 2.64 bits per heavy atom. The van der Waals surface area contributed by atoms with Crippen molar-refractivity contribution in [3.05, 3.63) is 0 Å². The number of esters is 1. The molecular formula is C6H11BrO2S2. The summed E-state index contributed by atoms with van der Waals surface area (Å²) in [5.41, 5.74) is 0. The number of hydrogen-bond acceptors (Lipinski definition) is 4. The third-order valence-electron chi connectivity index (χ3n) is 0.716. The van der Waals surface area contributed by atoms with E-state index < -0.39 is 0 Å². The predicted octanol–water partition coefficient (Wildman–Crippen LogP) is 2.33. The van der Waals surface area contributed by atoms with Crippen LogP contribution in [0.3, 0.4) is 0 Å². The van der Waals surface area contributed by atoms with Crippen LogP contribution in [0, 0.1) is 0 Å². The van der Waals surface area contributed by atoms with Crippen molar-refractivity contribution in [2.75, 3.05) is 23.4 Å². The first-order valence-electron chi connectivity index (χ1n) is 3.21. The number of hydrogen-bond donors (Lipinski definition) is 0. The van der Waals surface area contributed by atoms with E-state index in [1.807, 2.05) is 0 Å². The van der Waals surface area contributed by atoms with Crippen LogP contribution in [0.25, 0.3) is 0 Å². The van der Waals surface area contributed by atoms with Gasteiger partial charge in [0, 0.05) is 23.8 Å². The summed E-state index contributed by atoms with van der Waals surface area (Å²) in [5, 5.41) is 1.01. The van der Waals surface area contributed by atoms with Crippen LogP contribution in [-0.4, -0.2) is 29.4 Å². The topological polar surface area (TPSA) is 26.3 Å². The Hall–Kier alpha value is 0.650. The lowest BCUT2D eigenvalue weighted by Crippen LogP contribution is -2.01. The van der Waals surface area contributed by atoms with E-state index in [0.29, 0.717) is 6.61 Å². The van der Waals surface area contributed by atoms with Gasteiger partial charge < -0.3 is 4.74 Å². The van der Waals surface area contributed by atoms with E-state index in [9.17, 15) is 4.79 Å². The number of alkyl halides is 1. The number of carbonyl (C=O) groups excluding carboxylic acids is 1. The molecule has 0 atom stereocenters. The SMILES string of the molecule is CC(=O)OCCSSCCBr. The van der Waals surface area contributed by atoms with E-state index in [0.717, 1.165) is 16.8 Å². The van der Waals surface area contributed by atoms with Crippen LogP contribution < -0.4 is 0 Å². The average Bonchev–Trinajstić information content (AvgIpc) is 1.96. The molecule has 0 bridgehead atoms. The molecule has 0 saturated carbocycles. The van der Waals surface area contributed by atoms with Gasteiger partial charge in [-0.3, -0.25) is 4.79 Å². The fourth-order valence-corrected chi connectivity index (χ4v) is 3.11. The zero-order valence-electron chi connectivity index (χ0n) is 6.34. The van der Waals surface area contributed by atoms with Crippen molar-refractivity contribution in [3.63, 3.8) is 0 Å². The second-order valence-corrected chi connectivity index (χ2v) is 5.17. The zero-order valence-corrected chi connectivity index (χ0v) is 9.56. The van der Waals surface area contributed by atoms with Crippen LogP contribution in [0.15, 0.2) is 0 Å². The van der Waals surface area contributed by atoms with Crippen LogP contribution in [0.4, 0.5) is 0 Å². The molecule has 0 fully saturated rings. The lowest BCUT2D eigenvalue weighted by atomic mass is 10.8. The molecule has 0 rings (SSSR count). The van der Waals surface area contributed by atoms with Crippen molar-refractivity contribution in [3.8, 4) is 0 Å². The first-order valence-corrected chi connectivity index (χ1v) is 6.82. The highest BCUT2D eigenvalue weighted by Crippen LogP contribution is 2.20. The van der Waals surface area contributed by atoms with Gasteiger partial charge in [0.25, 0.3) is 0 Å². The maximum absolute atomic E-state index is 10.3. The van der Waals surface area contributed by atoms with Gasteiger partial charge in [0.05, 0.1) is 0 Å². The number of halogens is 1. The molecule has 5 heteroatoms. The summed E-state index contributed by atoms with van der Waals surface area (Å²) in [6.07, 6.45) is 0. The maximum Gasteiger partial charge on any atom is 0.302 e. The molecule has 66 valence electrons. The Morgan fingerprint density at radius 2 is 2.09 bits per heavy atom. The molecule has 2 nitrogen and oxygen atoms in total. The highest BCUT2D eigenvalue weighted by molar-refractivity contribution is 9.09. The van der Waals surface area contributed by atoms with Crippen LogP contribution in [0.5, 0.6) is 0 Å². The van der Waals surface area contributed by atoms with Crippen molar-refractivity contribution < 1.29 is 9.53 Å². The summed E-state index contributed by atoms with van der Waals surface area (Å²) >= 11 is 3.32. The molecule has 0 aromatic rings. The van der Waals surface area contributed by atoms with E-state index in [1.54, 1.807) is 21.6 Å². The van der Waals surface area contributed by atoms with Crippen LogP contribution in [0.1, 0.15) is 6.92 Å². The molecule has 11 heavy (non-hydrogen) atoms. The van der Waals surface area contributed by atoms with Gasteiger partial charge in [-0.15, -0.1) is 0 Å². The number of carbonyl (C=O) groups is 1. The average molecular weight is 259 g/mol. The normalized spacial score (nSPS) is 9.64. The molecule has 0 aliphatic heterocycles. The molecule has 0 N–H and O–H groups in total. The lowest BCUT2D eigenvalue weighted by molar-refractivity contribution is -0.140. The molecule has 0 spiro atoms. The zero-order chi connectivity index (χ0) is 8.53. The molecule has 0 unspecified atom stereocenters. The van der Waals surface area contributed by atoms with Crippen LogP contribution in [0.2, 0.25) is 0 Å². The van der Waals surface area contributed by atoms with Gasteiger partial charge >= 0.3 is 5.97 Å². The van der Waals surface area contributed by atoms with E-state index in [4.69, 9.17) is 4.74 Å². The summed E-state index contributed by atoms with van der Waals surface area (Å²) in [6.45, 7) is 1.95. The van der Waals surface area contributed by atoms with E-state index in [1.165, 1.54) is 6.92 Å². The second-order valence-electron chi connectivity index (χ2n) is 1.67. The summed E-state index contributed by atoms with van der Waals surface area (Å²) in [5.74, 6) is 1.76. The van der Waals surface area contributed by atoms with Crippen LogP contribution in [-0.2, 0) is 9.53 Å². The minimum absolute atomic E-state index is 0.198. The Kier molecular flexibility index (Phi) is 9.26. The smallest absolute Gasteiger partial charge is 0.302 e. The van der Waals surface area contributed by atoms with Gasteiger partial charge in [-0.2, -0.15) is 0 Å². The molecular weight excluding hydrogens is 248 g/mol. The Balaban J connectivity index is 2.85. The largest absolute Gasteiger partial charge is 0.465 e. The Labute approximate surface area is 83.4 Å². The van der Waals surface area contributed by atoms with Gasteiger partial charge in [-0.25, -0.2) is 0 Å². The van der Waals surface area contributed by atoms with Crippen molar-refractivity contribution in [1.29, 1.82) is 0 Å². The molecule has 0 saturated heterocycles. The lowest BCUT2D eigenvalue weighted by Gasteiger charge is -1.99. The predicted molar refractivity (Wildman–Crippen MR) is 55.3 cm³/mol. The standard InChI is InChI=1S/C6H11BrO2S2/c1-6(8)9-3-5-11-10-4-2-7/h2-5H2,1H3. The first kappa shape index (κ1) is 11.6. The van der Waals surface area contributed by atoms with Gasteiger partial charge in [0.2, 0.25) is 0 Å². The summed E-state index contributed by atoms with van der Waals surface area (Å²) in [7, 11) is 3.51. The molecule has 0 radical (unpaired) electrons. The van der Waals surface area contributed by atoms with Gasteiger partial charge in [-0.05, 0) is 0 Å². The third-order valence-corrected chi connectivity index (χ3v) is 4.01. The van der Waals surface area contributed by atoms with Crippen molar-refractivity contribution in [2.45, 2.75) is 6.92 Å². The molecule has 0 aliphatic carbocycles. The number of ether oxygens (including phenoxy) is 1.